The van der Waals surface area contributed by atoms with E-state index in [1.54, 1.807) is 0 Å². The summed E-state index contributed by atoms with van der Waals surface area (Å²) in [5, 5.41) is 1.77. The minimum Gasteiger partial charge on any atom is -0.722 e. The minimum atomic E-state index is -5.42. The Hall–Kier alpha value is -2.88. The van der Waals surface area contributed by atoms with Gasteiger partial charge in [0.25, 0.3) is 10.5 Å². The summed E-state index contributed by atoms with van der Waals surface area (Å²) in [4.78, 5) is 13.3. The normalized spacial score (nSPS) is 11.2. The fourth-order valence-electron chi connectivity index (χ4n) is 3.65. The number of esters is 1. The highest BCUT2D eigenvalue weighted by Gasteiger charge is 2.24. The molecule has 4 aromatic rings. The Morgan fingerprint density at radius 1 is 0.969 bits per heavy atom. The van der Waals surface area contributed by atoms with Crippen LogP contribution in [0.25, 0.3) is 21.8 Å². The summed E-state index contributed by atoms with van der Waals surface area (Å²) in [6.45, 7) is 3.89. The van der Waals surface area contributed by atoms with Crippen LogP contribution in [0.5, 0.6) is 5.75 Å². The van der Waals surface area contributed by atoms with E-state index < -0.39 is 10.5 Å². The Labute approximate surface area is 193 Å². The monoisotopic (exact) mass is 519 g/mol. The molecule has 0 amide bonds. The van der Waals surface area contributed by atoms with Gasteiger partial charge in [-0.3, -0.25) is 0 Å². The van der Waals surface area contributed by atoms with Crippen LogP contribution in [-0.4, -0.2) is 18.9 Å². The number of hydrogen-bond donors (Lipinski definition) is 0. The van der Waals surface area contributed by atoms with Gasteiger partial charge in [0.2, 0.25) is 11.0 Å². The van der Waals surface area contributed by atoms with Gasteiger partial charge < -0.3 is 9.29 Å². The van der Waals surface area contributed by atoms with Crippen LogP contribution in [0, 0.1) is 13.8 Å². The zero-order valence-corrected chi connectivity index (χ0v) is 19.8. The summed E-state index contributed by atoms with van der Waals surface area (Å²) >= 11 is 3.49. The van der Waals surface area contributed by atoms with Gasteiger partial charge >= 0.3 is 5.97 Å². The van der Waals surface area contributed by atoms with E-state index in [1.807, 2.05) is 81.6 Å². The number of fused-ring (bicyclic) bond motifs is 2. The van der Waals surface area contributed by atoms with Crippen LogP contribution in [-0.2, 0) is 17.6 Å². The average molecular weight is 520 g/mol. The first-order valence-corrected chi connectivity index (χ1v) is 11.5. The van der Waals surface area contributed by atoms with E-state index in [-0.39, 0.29) is 5.97 Å². The third kappa shape index (κ3) is 5.29. The van der Waals surface area contributed by atoms with Crippen molar-refractivity contribution in [3.63, 3.8) is 0 Å². The third-order valence-corrected chi connectivity index (χ3v) is 5.35. The van der Waals surface area contributed by atoms with Crippen LogP contribution in [0.4, 0.5) is 3.89 Å². The number of halogens is 2. The smallest absolute Gasteiger partial charge is 0.345 e. The number of ether oxygens (including phenoxy) is 1. The maximum atomic E-state index is 13.3. The van der Waals surface area contributed by atoms with Crippen molar-refractivity contribution < 1.29 is 31.0 Å². The number of pyridine rings is 1. The molecule has 0 atom stereocenters. The lowest BCUT2D eigenvalue weighted by Gasteiger charge is -2.13. The highest BCUT2D eigenvalue weighted by molar-refractivity contribution is 9.10. The van der Waals surface area contributed by atoms with E-state index in [2.05, 4.69) is 20.5 Å². The van der Waals surface area contributed by atoms with Crippen LogP contribution in [0.2, 0.25) is 0 Å². The fourth-order valence-corrected chi connectivity index (χ4v) is 4.34. The summed E-state index contributed by atoms with van der Waals surface area (Å²) in [5.41, 5.74) is 4.43. The number of benzene rings is 3. The molecule has 166 valence electrons. The molecule has 0 saturated carbocycles. The number of hydrogen-bond acceptors (Lipinski definition) is 5. The number of carbonyl (C=O) groups is 1. The van der Waals surface area contributed by atoms with Crippen molar-refractivity contribution in [2.45, 2.75) is 13.8 Å². The van der Waals surface area contributed by atoms with Crippen molar-refractivity contribution in [1.82, 2.24) is 0 Å². The molecule has 1 heterocycles. The number of nitrogens with zero attached hydrogens (tertiary/aromatic N) is 1. The van der Waals surface area contributed by atoms with Crippen LogP contribution < -0.4 is 9.30 Å². The Bertz CT molecular complexity index is 1370. The maximum absolute atomic E-state index is 13.3. The average Bonchev–Trinajstić information content (AvgIpc) is 2.70. The van der Waals surface area contributed by atoms with Gasteiger partial charge in [-0.2, -0.15) is 4.57 Å². The van der Waals surface area contributed by atoms with Crippen molar-refractivity contribution in [3.05, 3.63) is 81.8 Å². The molecule has 4 rings (SSSR count). The third-order valence-electron chi connectivity index (χ3n) is 4.89. The lowest BCUT2D eigenvalue weighted by molar-refractivity contribution is -0.617. The zero-order chi connectivity index (χ0) is 23.6. The summed E-state index contributed by atoms with van der Waals surface area (Å²) in [7, 11) is -3.40. The Morgan fingerprint density at radius 3 is 1.81 bits per heavy atom. The minimum absolute atomic E-state index is 0.337. The van der Waals surface area contributed by atoms with Gasteiger partial charge in [0, 0.05) is 16.6 Å². The predicted octanol–water partition coefficient (Wildman–Crippen LogP) is 4.83. The SMILES string of the molecule is Cc1cc(Br)cc(C)c1OC(=O)c1c2ccccc2[n+](C)c2ccccc12.O=S(=O)([O-])F. The van der Waals surface area contributed by atoms with E-state index in [0.717, 1.165) is 37.4 Å². The second-order valence-electron chi connectivity index (χ2n) is 7.12. The van der Waals surface area contributed by atoms with Gasteiger partial charge in [0.1, 0.15) is 12.8 Å². The molecule has 0 spiro atoms. The first-order chi connectivity index (χ1) is 15.0. The van der Waals surface area contributed by atoms with Crippen LogP contribution in [0.1, 0.15) is 21.5 Å². The van der Waals surface area contributed by atoms with E-state index in [4.69, 9.17) is 17.7 Å². The largest absolute Gasteiger partial charge is 0.722 e. The highest BCUT2D eigenvalue weighted by Crippen LogP contribution is 2.30. The van der Waals surface area contributed by atoms with Crippen molar-refractivity contribution in [2.24, 2.45) is 7.05 Å². The Morgan fingerprint density at radius 2 is 1.38 bits per heavy atom. The number of aromatic nitrogens is 1. The molecule has 32 heavy (non-hydrogen) atoms. The molecule has 0 aliphatic rings. The number of rotatable bonds is 2. The second kappa shape index (κ2) is 9.32. The standard InChI is InChI=1S/C23H19BrNO2.FHO3S/c1-14-12-16(24)13-15(2)22(14)27-23(26)21-17-8-4-6-10-19(17)25(3)20-11-7-5-9-18(20)21;1-5(2,3)4/h4-13H,1-3H3;(H,2,3,4)/q+1;/p-1. The highest BCUT2D eigenvalue weighted by atomic mass is 79.9. The molecule has 0 bridgehead atoms. The zero-order valence-electron chi connectivity index (χ0n) is 17.4. The van der Waals surface area contributed by atoms with Gasteiger partial charge in [0.05, 0.1) is 16.3 Å². The Balaban J connectivity index is 0.000000523. The number of para-hydroxylation sites is 2. The van der Waals surface area contributed by atoms with Crippen LogP contribution in [0.15, 0.2) is 65.1 Å². The summed E-state index contributed by atoms with van der Waals surface area (Å²) in [5.74, 6) is 0.279. The molecule has 0 unspecified atom stereocenters. The maximum Gasteiger partial charge on any atom is 0.345 e. The van der Waals surface area contributed by atoms with E-state index in [9.17, 15) is 8.68 Å². The molecule has 0 aliphatic carbocycles. The molecule has 3 aromatic carbocycles. The van der Waals surface area contributed by atoms with Gasteiger partial charge in [-0.1, -0.05) is 40.2 Å². The van der Waals surface area contributed by atoms with E-state index in [0.29, 0.717) is 11.3 Å². The summed E-state index contributed by atoms with van der Waals surface area (Å²) in [6.07, 6.45) is 0. The van der Waals surface area contributed by atoms with Crippen molar-refractivity contribution in [3.8, 4) is 5.75 Å². The van der Waals surface area contributed by atoms with Crippen LogP contribution >= 0.6 is 15.9 Å². The molecule has 0 radical (unpaired) electrons. The van der Waals surface area contributed by atoms with Crippen molar-refractivity contribution in [2.75, 3.05) is 0 Å². The first-order valence-electron chi connectivity index (χ1n) is 9.41. The van der Waals surface area contributed by atoms with Crippen molar-refractivity contribution in [1.29, 1.82) is 0 Å². The number of carbonyl (C=O) groups excluding carboxylic acids is 1. The fraction of sp³-hybridized carbons (Fsp3) is 0.130. The topological polar surface area (TPSA) is 87.4 Å². The van der Waals surface area contributed by atoms with Crippen LogP contribution in [0.3, 0.4) is 0 Å². The van der Waals surface area contributed by atoms with Gasteiger partial charge in [0.15, 0.2) is 0 Å². The molecule has 1 aromatic heterocycles. The van der Waals surface area contributed by atoms with Crippen molar-refractivity contribution >= 4 is 54.2 Å². The quantitative estimate of drug-likeness (QED) is 0.0944. The van der Waals surface area contributed by atoms with Gasteiger partial charge in [-0.05, 0) is 49.2 Å². The molecule has 0 N–H and O–H groups in total. The summed E-state index contributed by atoms with van der Waals surface area (Å²) < 4.78 is 44.3. The number of aryl methyl sites for hydroxylation is 3. The molecule has 6 nitrogen and oxygen atoms in total. The molecular formula is C23H19BrFNO5S. The molecule has 0 aliphatic heterocycles. The van der Waals surface area contributed by atoms with Gasteiger partial charge in [-0.15, -0.1) is 3.89 Å². The lowest BCUT2D eigenvalue weighted by Crippen LogP contribution is -2.31. The lowest BCUT2D eigenvalue weighted by atomic mass is 10.0. The molecule has 0 fully saturated rings. The molecular weight excluding hydrogens is 501 g/mol. The van der Waals surface area contributed by atoms with Gasteiger partial charge in [-0.25, -0.2) is 13.2 Å². The summed E-state index contributed by atoms with van der Waals surface area (Å²) in [6, 6.07) is 19.8. The first kappa shape index (κ1) is 23.8. The van der Waals surface area contributed by atoms with E-state index in [1.165, 1.54) is 0 Å². The molecule has 9 heteroatoms. The Kier molecular flexibility index (Phi) is 6.92. The molecule has 0 saturated heterocycles. The predicted molar refractivity (Wildman–Crippen MR) is 122 cm³/mol. The second-order valence-corrected chi connectivity index (χ2v) is 8.82. The van der Waals surface area contributed by atoms with E-state index >= 15 is 0 Å².